The molecule has 0 fully saturated rings. The van der Waals surface area contributed by atoms with Gasteiger partial charge in [0, 0.05) is 7.11 Å². The molecule has 0 bridgehead atoms. The van der Waals surface area contributed by atoms with Crippen molar-refractivity contribution >= 4 is 34.1 Å². The van der Waals surface area contributed by atoms with Gasteiger partial charge in [0.25, 0.3) is 0 Å². The summed E-state index contributed by atoms with van der Waals surface area (Å²) in [5, 5.41) is 0. The van der Waals surface area contributed by atoms with Crippen LogP contribution >= 0.6 is 34.1 Å². The Morgan fingerprint density at radius 1 is 1.67 bits per heavy atom. The number of methoxy groups -OCH3 is 1. The summed E-state index contributed by atoms with van der Waals surface area (Å²) in [6.07, 6.45) is 0.885. The van der Waals surface area contributed by atoms with Gasteiger partial charge in [0.05, 0.1) is 0 Å². The van der Waals surface area contributed by atoms with E-state index in [-0.39, 0.29) is 5.60 Å². The Balaban J connectivity index is 2.94. The number of nitrogens with zero attached hydrogens (tertiary/aromatic N) is 2. The molecule has 0 aliphatic heterocycles. The van der Waals surface area contributed by atoms with Crippen LogP contribution in [0.1, 0.15) is 26.1 Å². The normalized spacial score (nSPS) is 16.0. The standard InChI is InChI=1S/C7H11IN2OS/c1-4-7(2,11-3)5-9-6(8)12-10-5/h4H2,1-3H3. The molecular weight excluding hydrogens is 287 g/mol. The lowest BCUT2D eigenvalue weighted by Gasteiger charge is -2.22. The predicted molar refractivity (Wildman–Crippen MR) is 57.3 cm³/mol. The molecule has 5 heteroatoms. The first kappa shape index (κ1) is 10.3. The average Bonchev–Trinajstić information content (AvgIpc) is 2.51. The summed E-state index contributed by atoms with van der Waals surface area (Å²) >= 11 is 3.57. The molecule has 0 N–H and O–H groups in total. The van der Waals surface area contributed by atoms with Crippen LogP contribution in [0, 0.1) is 3.01 Å². The maximum Gasteiger partial charge on any atom is 0.175 e. The third-order valence-corrected chi connectivity index (χ3v) is 3.34. The van der Waals surface area contributed by atoms with Gasteiger partial charge in [-0.1, -0.05) is 6.92 Å². The van der Waals surface area contributed by atoms with Crippen LogP contribution in [0.2, 0.25) is 0 Å². The van der Waals surface area contributed by atoms with Crippen molar-refractivity contribution in [1.29, 1.82) is 0 Å². The Bertz CT molecular complexity index is 260. The van der Waals surface area contributed by atoms with Crippen molar-refractivity contribution in [3.63, 3.8) is 0 Å². The molecule has 68 valence electrons. The monoisotopic (exact) mass is 298 g/mol. The highest BCUT2D eigenvalue weighted by atomic mass is 127. The van der Waals surface area contributed by atoms with Gasteiger partial charge in [0.15, 0.2) is 8.84 Å². The molecule has 1 aromatic rings. The SMILES string of the molecule is CCC(C)(OC)c1nsc(I)n1. The van der Waals surface area contributed by atoms with Gasteiger partial charge in [-0.25, -0.2) is 4.98 Å². The fourth-order valence-corrected chi connectivity index (χ4v) is 1.86. The summed E-state index contributed by atoms with van der Waals surface area (Å²) in [6.45, 7) is 4.07. The molecule has 1 rings (SSSR count). The highest BCUT2D eigenvalue weighted by Gasteiger charge is 2.28. The largest absolute Gasteiger partial charge is 0.370 e. The van der Waals surface area contributed by atoms with Crippen LogP contribution in [0.3, 0.4) is 0 Å². The first-order valence-electron chi connectivity index (χ1n) is 3.67. The molecule has 1 unspecified atom stereocenters. The Kier molecular flexibility index (Phi) is 3.42. The van der Waals surface area contributed by atoms with Crippen molar-refractivity contribution in [1.82, 2.24) is 9.36 Å². The minimum Gasteiger partial charge on any atom is -0.370 e. The molecule has 0 spiro atoms. The van der Waals surface area contributed by atoms with Gasteiger partial charge in [-0.15, -0.1) is 0 Å². The minimum atomic E-state index is -0.320. The van der Waals surface area contributed by atoms with Gasteiger partial charge in [0.2, 0.25) is 0 Å². The van der Waals surface area contributed by atoms with E-state index in [0.717, 1.165) is 15.3 Å². The van der Waals surface area contributed by atoms with Crippen molar-refractivity contribution < 1.29 is 4.74 Å². The van der Waals surface area contributed by atoms with Gasteiger partial charge in [-0.3, -0.25) is 0 Å². The van der Waals surface area contributed by atoms with Crippen LogP contribution in [0.25, 0.3) is 0 Å². The lowest BCUT2D eigenvalue weighted by molar-refractivity contribution is -0.00808. The van der Waals surface area contributed by atoms with Crippen LogP contribution in [0.5, 0.6) is 0 Å². The third kappa shape index (κ3) is 1.94. The quantitative estimate of drug-likeness (QED) is 0.804. The fraction of sp³-hybridized carbons (Fsp3) is 0.714. The van der Waals surface area contributed by atoms with Gasteiger partial charge in [0.1, 0.15) is 5.60 Å². The maximum atomic E-state index is 5.36. The highest BCUT2D eigenvalue weighted by molar-refractivity contribution is 14.1. The van der Waals surface area contributed by atoms with E-state index in [2.05, 4.69) is 38.9 Å². The molecule has 0 aliphatic carbocycles. The Morgan fingerprint density at radius 3 is 2.67 bits per heavy atom. The predicted octanol–water partition coefficient (Wildman–Crippen LogP) is 2.41. The Morgan fingerprint density at radius 2 is 2.33 bits per heavy atom. The van der Waals surface area contributed by atoms with Crippen molar-refractivity contribution in [2.75, 3.05) is 7.11 Å². The van der Waals surface area contributed by atoms with Gasteiger partial charge >= 0.3 is 0 Å². The number of rotatable bonds is 3. The molecule has 1 aromatic heterocycles. The van der Waals surface area contributed by atoms with E-state index >= 15 is 0 Å². The zero-order valence-corrected chi connectivity index (χ0v) is 10.3. The minimum absolute atomic E-state index is 0.320. The highest BCUT2D eigenvalue weighted by Crippen LogP contribution is 2.26. The first-order chi connectivity index (χ1) is 5.62. The summed E-state index contributed by atoms with van der Waals surface area (Å²) < 4.78 is 10.5. The second-order valence-corrected chi connectivity index (χ2v) is 5.17. The zero-order valence-electron chi connectivity index (χ0n) is 7.30. The number of halogens is 1. The first-order valence-corrected chi connectivity index (χ1v) is 5.52. The van der Waals surface area contributed by atoms with Crippen molar-refractivity contribution in [3.05, 3.63) is 8.84 Å². The summed E-state index contributed by atoms with van der Waals surface area (Å²) in [5.74, 6) is 0.793. The van der Waals surface area contributed by atoms with E-state index < -0.39 is 0 Å². The molecule has 0 aromatic carbocycles. The van der Waals surface area contributed by atoms with Crippen molar-refractivity contribution in [2.24, 2.45) is 0 Å². The van der Waals surface area contributed by atoms with E-state index in [1.54, 1.807) is 7.11 Å². The molecular formula is C7H11IN2OS. The molecule has 1 heterocycles. The lowest BCUT2D eigenvalue weighted by atomic mass is 10.0. The second-order valence-electron chi connectivity index (χ2n) is 2.66. The number of ether oxygens (including phenoxy) is 1. The second kappa shape index (κ2) is 3.97. The third-order valence-electron chi connectivity index (χ3n) is 2.00. The zero-order chi connectivity index (χ0) is 9.19. The Hall–Kier alpha value is 0.250. The van der Waals surface area contributed by atoms with E-state index in [1.165, 1.54) is 11.5 Å². The smallest absolute Gasteiger partial charge is 0.175 e. The molecule has 0 radical (unpaired) electrons. The average molecular weight is 298 g/mol. The Labute approximate surface area is 89.9 Å². The number of hydrogen-bond donors (Lipinski definition) is 0. The van der Waals surface area contributed by atoms with Crippen LogP contribution in [-0.4, -0.2) is 16.5 Å². The summed E-state index contributed by atoms with van der Waals surface area (Å²) in [6, 6.07) is 0. The van der Waals surface area contributed by atoms with Gasteiger partial charge in [-0.05, 0) is 47.5 Å². The van der Waals surface area contributed by atoms with E-state index in [0.29, 0.717) is 0 Å². The van der Waals surface area contributed by atoms with E-state index in [1.807, 2.05) is 6.92 Å². The molecule has 12 heavy (non-hydrogen) atoms. The van der Waals surface area contributed by atoms with Crippen molar-refractivity contribution in [2.45, 2.75) is 25.9 Å². The molecule has 0 saturated heterocycles. The van der Waals surface area contributed by atoms with Crippen LogP contribution < -0.4 is 0 Å². The summed E-state index contributed by atoms with van der Waals surface area (Å²) in [7, 11) is 1.69. The van der Waals surface area contributed by atoms with Crippen LogP contribution in [-0.2, 0) is 10.3 Å². The lowest BCUT2D eigenvalue weighted by Crippen LogP contribution is -2.24. The fourth-order valence-electron chi connectivity index (χ4n) is 0.814. The number of aromatic nitrogens is 2. The van der Waals surface area contributed by atoms with Crippen molar-refractivity contribution in [3.8, 4) is 0 Å². The molecule has 1 atom stereocenters. The maximum absolute atomic E-state index is 5.36. The van der Waals surface area contributed by atoms with Crippen LogP contribution in [0.4, 0.5) is 0 Å². The van der Waals surface area contributed by atoms with Gasteiger partial charge < -0.3 is 4.74 Å². The van der Waals surface area contributed by atoms with E-state index in [9.17, 15) is 0 Å². The molecule has 0 amide bonds. The molecule has 3 nitrogen and oxygen atoms in total. The van der Waals surface area contributed by atoms with Crippen LogP contribution in [0.15, 0.2) is 0 Å². The number of hydrogen-bond acceptors (Lipinski definition) is 4. The summed E-state index contributed by atoms with van der Waals surface area (Å²) in [5.41, 5.74) is -0.320. The summed E-state index contributed by atoms with van der Waals surface area (Å²) in [4.78, 5) is 4.29. The topological polar surface area (TPSA) is 35.0 Å². The van der Waals surface area contributed by atoms with Gasteiger partial charge in [-0.2, -0.15) is 4.37 Å². The molecule has 0 aliphatic rings. The van der Waals surface area contributed by atoms with E-state index in [4.69, 9.17) is 4.74 Å². The molecule has 0 saturated carbocycles.